The second-order valence-electron chi connectivity index (χ2n) is 6.31. The maximum Gasteiger partial charge on any atom is 0.231 e. The number of aryl methyl sites for hydroxylation is 1. The number of para-hydroxylation sites is 1. The monoisotopic (exact) mass is 385 g/mol. The van der Waals surface area contributed by atoms with Crippen LogP contribution in [0.15, 0.2) is 42.5 Å². The van der Waals surface area contributed by atoms with Gasteiger partial charge in [0.1, 0.15) is 0 Å². The van der Waals surface area contributed by atoms with E-state index in [0.29, 0.717) is 16.7 Å². The first-order chi connectivity index (χ1) is 12.5. The second kappa shape index (κ2) is 6.70. The largest absolute Gasteiger partial charge is 0.312 e. The molecular weight excluding hydrogens is 370 g/mol. The number of anilines is 2. The highest BCUT2D eigenvalue weighted by Crippen LogP contribution is 2.30. The van der Waals surface area contributed by atoms with Crippen LogP contribution in [0.5, 0.6) is 0 Å². The van der Waals surface area contributed by atoms with Crippen molar-refractivity contribution in [3.05, 3.63) is 53.1 Å². The quantitative estimate of drug-likeness (QED) is 0.733. The first-order valence-corrected chi connectivity index (χ1v) is 9.43. The molecule has 0 saturated carbocycles. The van der Waals surface area contributed by atoms with E-state index in [1.807, 2.05) is 25.1 Å². The highest BCUT2D eigenvalue weighted by atomic mass is 35.5. The molecule has 0 aliphatic carbocycles. The fourth-order valence-corrected chi connectivity index (χ4v) is 4.17. The molecule has 1 atom stereocenters. The van der Waals surface area contributed by atoms with Crippen molar-refractivity contribution < 1.29 is 9.59 Å². The van der Waals surface area contributed by atoms with E-state index in [-0.39, 0.29) is 18.2 Å². The van der Waals surface area contributed by atoms with E-state index in [2.05, 4.69) is 10.3 Å². The van der Waals surface area contributed by atoms with E-state index in [9.17, 15) is 9.59 Å². The minimum Gasteiger partial charge on any atom is -0.312 e. The highest BCUT2D eigenvalue weighted by molar-refractivity contribution is 7.22. The lowest BCUT2D eigenvalue weighted by Gasteiger charge is -2.16. The molecule has 1 aliphatic rings. The number of benzene rings is 2. The molecule has 1 aliphatic heterocycles. The summed E-state index contributed by atoms with van der Waals surface area (Å²) in [6, 6.07) is 13.0. The van der Waals surface area contributed by atoms with Crippen molar-refractivity contribution in [2.75, 3.05) is 16.8 Å². The Morgan fingerprint density at radius 3 is 2.77 bits per heavy atom. The number of nitrogens with zero attached hydrogens (tertiary/aromatic N) is 2. The molecule has 3 aromatic rings. The number of hydrogen-bond acceptors (Lipinski definition) is 4. The van der Waals surface area contributed by atoms with Gasteiger partial charge in [0.2, 0.25) is 11.8 Å². The molecule has 132 valence electrons. The smallest absolute Gasteiger partial charge is 0.231 e. The molecule has 1 saturated heterocycles. The number of carbonyl (C=O) groups is 2. The molecule has 0 unspecified atom stereocenters. The van der Waals surface area contributed by atoms with E-state index in [0.717, 1.165) is 21.5 Å². The molecule has 2 aromatic carbocycles. The summed E-state index contributed by atoms with van der Waals surface area (Å²) in [7, 11) is 0. The van der Waals surface area contributed by atoms with Gasteiger partial charge in [0.25, 0.3) is 0 Å². The molecule has 0 radical (unpaired) electrons. The number of halogens is 1. The van der Waals surface area contributed by atoms with Crippen molar-refractivity contribution in [3.63, 3.8) is 0 Å². The van der Waals surface area contributed by atoms with Gasteiger partial charge in [-0.15, -0.1) is 0 Å². The van der Waals surface area contributed by atoms with Gasteiger partial charge in [0.15, 0.2) is 5.13 Å². The summed E-state index contributed by atoms with van der Waals surface area (Å²) in [5, 5.41) is 4.05. The van der Waals surface area contributed by atoms with E-state index in [4.69, 9.17) is 11.6 Å². The van der Waals surface area contributed by atoms with E-state index < -0.39 is 5.92 Å². The minimum absolute atomic E-state index is 0.0624. The molecule has 0 bridgehead atoms. The highest BCUT2D eigenvalue weighted by Gasteiger charge is 2.35. The Labute approximate surface area is 159 Å². The molecule has 4 rings (SSSR count). The van der Waals surface area contributed by atoms with E-state index >= 15 is 0 Å². The van der Waals surface area contributed by atoms with Crippen molar-refractivity contribution in [1.29, 1.82) is 0 Å². The molecule has 7 heteroatoms. The van der Waals surface area contributed by atoms with Crippen LogP contribution in [0.4, 0.5) is 10.8 Å². The molecule has 1 N–H and O–H groups in total. The Balaban J connectivity index is 1.49. The molecule has 26 heavy (non-hydrogen) atoms. The maximum atomic E-state index is 12.6. The summed E-state index contributed by atoms with van der Waals surface area (Å²) >= 11 is 7.34. The Bertz CT molecular complexity index is 1000. The van der Waals surface area contributed by atoms with Crippen molar-refractivity contribution in [3.8, 4) is 0 Å². The van der Waals surface area contributed by atoms with E-state index in [1.165, 1.54) is 11.3 Å². The SMILES string of the molecule is Cc1cccc2sc(NC(=O)[C@@H]3CC(=O)N(c4ccc(Cl)cc4)C3)nc12. The number of amides is 2. The van der Waals surface area contributed by atoms with Gasteiger partial charge in [0.05, 0.1) is 16.1 Å². The predicted molar refractivity (Wildman–Crippen MR) is 105 cm³/mol. The Kier molecular flexibility index (Phi) is 4.38. The third-order valence-electron chi connectivity index (χ3n) is 4.48. The van der Waals surface area contributed by atoms with Crippen LogP contribution in [0.2, 0.25) is 5.02 Å². The van der Waals surface area contributed by atoms with Crippen molar-refractivity contribution in [1.82, 2.24) is 4.98 Å². The summed E-state index contributed by atoms with van der Waals surface area (Å²) in [5.74, 6) is -0.634. The lowest BCUT2D eigenvalue weighted by Crippen LogP contribution is -2.28. The van der Waals surface area contributed by atoms with Gasteiger partial charge in [0, 0.05) is 23.7 Å². The van der Waals surface area contributed by atoms with Crippen LogP contribution < -0.4 is 10.2 Å². The number of fused-ring (bicyclic) bond motifs is 1. The van der Waals surface area contributed by atoms with Crippen molar-refractivity contribution in [2.45, 2.75) is 13.3 Å². The standard InChI is InChI=1S/C19H16ClN3O2S/c1-11-3-2-4-15-17(11)21-19(26-15)22-18(25)12-9-16(24)23(10-12)14-7-5-13(20)6-8-14/h2-8,12H,9-10H2,1H3,(H,21,22,25)/t12-/m1/s1. The number of rotatable bonds is 3. The van der Waals surface area contributed by atoms with Gasteiger partial charge in [-0.3, -0.25) is 9.59 Å². The van der Waals surface area contributed by atoms with Gasteiger partial charge < -0.3 is 10.2 Å². The predicted octanol–water partition coefficient (Wildman–Crippen LogP) is 4.25. The van der Waals surface area contributed by atoms with Crippen molar-refractivity contribution >= 4 is 55.8 Å². The van der Waals surface area contributed by atoms with Crippen LogP contribution in [-0.2, 0) is 9.59 Å². The van der Waals surface area contributed by atoms with Gasteiger partial charge in [-0.2, -0.15) is 0 Å². The first-order valence-electron chi connectivity index (χ1n) is 8.24. The zero-order chi connectivity index (χ0) is 18.3. The first kappa shape index (κ1) is 17.0. The third kappa shape index (κ3) is 3.18. The number of carbonyl (C=O) groups excluding carboxylic acids is 2. The summed E-state index contributed by atoms with van der Waals surface area (Å²) < 4.78 is 1.03. The third-order valence-corrected chi connectivity index (χ3v) is 5.67. The zero-order valence-electron chi connectivity index (χ0n) is 14.0. The van der Waals surface area contributed by atoms with Crippen LogP contribution in [0.3, 0.4) is 0 Å². The minimum atomic E-state index is -0.397. The molecular formula is C19H16ClN3O2S. The van der Waals surface area contributed by atoms with Gasteiger partial charge >= 0.3 is 0 Å². The number of nitrogens with one attached hydrogen (secondary N) is 1. The Morgan fingerprint density at radius 1 is 1.27 bits per heavy atom. The topological polar surface area (TPSA) is 62.3 Å². The maximum absolute atomic E-state index is 12.6. The average Bonchev–Trinajstić information content (AvgIpc) is 3.20. The fraction of sp³-hybridized carbons (Fsp3) is 0.211. The molecule has 2 amide bonds. The molecule has 5 nitrogen and oxygen atoms in total. The van der Waals surface area contributed by atoms with Crippen LogP contribution in [-0.4, -0.2) is 23.3 Å². The number of hydrogen-bond donors (Lipinski definition) is 1. The van der Waals surface area contributed by atoms with Crippen LogP contribution in [0.1, 0.15) is 12.0 Å². The summed E-state index contributed by atoms with van der Waals surface area (Å²) in [4.78, 5) is 31.1. The summed E-state index contributed by atoms with van der Waals surface area (Å²) in [6.07, 6.45) is 0.193. The normalized spacial score (nSPS) is 17.1. The number of aromatic nitrogens is 1. The van der Waals surface area contributed by atoms with E-state index in [1.54, 1.807) is 29.2 Å². The Morgan fingerprint density at radius 2 is 2.04 bits per heavy atom. The molecule has 0 spiro atoms. The molecule has 1 fully saturated rings. The van der Waals surface area contributed by atoms with Gasteiger partial charge in [-0.1, -0.05) is 35.1 Å². The fourth-order valence-electron chi connectivity index (χ4n) is 3.10. The summed E-state index contributed by atoms with van der Waals surface area (Å²) in [5.41, 5.74) is 2.73. The average molecular weight is 386 g/mol. The zero-order valence-corrected chi connectivity index (χ0v) is 15.6. The second-order valence-corrected chi connectivity index (χ2v) is 7.78. The van der Waals surface area contributed by atoms with Crippen LogP contribution in [0.25, 0.3) is 10.2 Å². The Hall–Kier alpha value is -2.44. The van der Waals surface area contributed by atoms with Gasteiger partial charge in [-0.05, 0) is 42.8 Å². The lowest BCUT2D eigenvalue weighted by atomic mass is 10.1. The van der Waals surface area contributed by atoms with Gasteiger partial charge in [-0.25, -0.2) is 4.98 Å². The lowest BCUT2D eigenvalue weighted by molar-refractivity contribution is -0.122. The number of thiazole rings is 1. The molecule has 1 aromatic heterocycles. The molecule has 2 heterocycles. The van der Waals surface area contributed by atoms with Crippen LogP contribution >= 0.6 is 22.9 Å². The van der Waals surface area contributed by atoms with Crippen molar-refractivity contribution in [2.24, 2.45) is 5.92 Å². The van der Waals surface area contributed by atoms with Crippen LogP contribution in [0, 0.1) is 12.8 Å². The summed E-state index contributed by atoms with van der Waals surface area (Å²) in [6.45, 7) is 2.35.